The van der Waals surface area contributed by atoms with Crippen LogP contribution < -0.4 is 10.1 Å². The summed E-state index contributed by atoms with van der Waals surface area (Å²) in [5.41, 5.74) is 0.777. The molecule has 1 amide bonds. The summed E-state index contributed by atoms with van der Waals surface area (Å²) < 4.78 is 5.54. The molecule has 3 heteroatoms. The minimum absolute atomic E-state index is 0.0722. The van der Waals surface area contributed by atoms with E-state index in [4.69, 9.17) is 4.74 Å². The number of carbonyl (C=O) groups is 1. The van der Waals surface area contributed by atoms with E-state index >= 15 is 0 Å². The fourth-order valence-corrected chi connectivity index (χ4v) is 1.48. The van der Waals surface area contributed by atoms with Gasteiger partial charge in [0, 0.05) is 6.42 Å². The van der Waals surface area contributed by atoms with Crippen molar-refractivity contribution in [2.24, 2.45) is 0 Å². The first kappa shape index (κ1) is 9.06. The van der Waals surface area contributed by atoms with Gasteiger partial charge in [-0.2, -0.15) is 0 Å². The molecule has 3 nitrogen and oxygen atoms in total. The normalized spacial score (nSPS) is 16.7. The Kier molecular flexibility index (Phi) is 2.68. The molecule has 1 aliphatic rings. The van der Waals surface area contributed by atoms with Crippen LogP contribution in [0.3, 0.4) is 0 Å². The molecule has 1 aromatic rings. The van der Waals surface area contributed by atoms with Crippen LogP contribution >= 0.6 is 0 Å². The molecule has 14 heavy (non-hydrogen) atoms. The van der Waals surface area contributed by atoms with Gasteiger partial charge in [0.05, 0.1) is 12.3 Å². The van der Waals surface area contributed by atoms with Gasteiger partial charge in [-0.05, 0) is 25.0 Å². The van der Waals surface area contributed by atoms with E-state index in [1.165, 1.54) is 0 Å². The lowest BCUT2D eigenvalue weighted by atomic mass is 10.2. The summed E-state index contributed by atoms with van der Waals surface area (Å²) in [6, 6.07) is 7.53. The lowest BCUT2D eigenvalue weighted by Gasteiger charge is -2.09. The minimum atomic E-state index is 0.0722. The number of carbonyl (C=O) groups excluding carboxylic acids is 1. The zero-order valence-corrected chi connectivity index (χ0v) is 7.95. The lowest BCUT2D eigenvalue weighted by molar-refractivity contribution is -0.116. The second kappa shape index (κ2) is 4.13. The Balaban J connectivity index is 2.25. The Morgan fingerprint density at radius 1 is 1.21 bits per heavy atom. The van der Waals surface area contributed by atoms with Gasteiger partial charge in [0.2, 0.25) is 5.91 Å². The average Bonchev–Trinajstić information content (AvgIpc) is 2.27. The third-order valence-electron chi connectivity index (χ3n) is 2.22. The van der Waals surface area contributed by atoms with Crippen LogP contribution in [0.5, 0.6) is 5.75 Å². The van der Waals surface area contributed by atoms with Crippen LogP contribution in [-0.4, -0.2) is 12.5 Å². The van der Waals surface area contributed by atoms with E-state index < -0.39 is 0 Å². The molecule has 1 heterocycles. The number of fused-ring (bicyclic) bond motifs is 1. The van der Waals surface area contributed by atoms with E-state index in [0.717, 1.165) is 24.3 Å². The fourth-order valence-electron chi connectivity index (χ4n) is 1.48. The molecule has 0 spiro atoms. The van der Waals surface area contributed by atoms with Crippen molar-refractivity contribution in [3.05, 3.63) is 24.3 Å². The highest BCUT2D eigenvalue weighted by Gasteiger charge is 2.09. The molecule has 0 atom stereocenters. The van der Waals surface area contributed by atoms with Crippen molar-refractivity contribution in [1.29, 1.82) is 0 Å². The number of para-hydroxylation sites is 2. The summed E-state index contributed by atoms with van der Waals surface area (Å²) >= 11 is 0. The van der Waals surface area contributed by atoms with Crippen LogP contribution in [0.1, 0.15) is 19.3 Å². The number of amides is 1. The van der Waals surface area contributed by atoms with E-state index in [1.54, 1.807) is 0 Å². The van der Waals surface area contributed by atoms with E-state index in [-0.39, 0.29) is 5.91 Å². The molecule has 74 valence electrons. The summed E-state index contributed by atoms with van der Waals surface area (Å²) in [4.78, 5) is 11.4. The Bertz CT molecular complexity index is 336. The summed E-state index contributed by atoms with van der Waals surface area (Å²) in [6.45, 7) is 0.686. The number of anilines is 1. The van der Waals surface area contributed by atoms with Gasteiger partial charge in [0.1, 0.15) is 5.75 Å². The van der Waals surface area contributed by atoms with Crippen molar-refractivity contribution in [1.82, 2.24) is 0 Å². The van der Waals surface area contributed by atoms with Crippen molar-refractivity contribution in [2.45, 2.75) is 19.3 Å². The van der Waals surface area contributed by atoms with Crippen LogP contribution in [-0.2, 0) is 4.79 Å². The summed E-state index contributed by atoms with van der Waals surface area (Å²) in [5, 5.41) is 2.84. The maximum atomic E-state index is 11.4. The van der Waals surface area contributed by atoms with Gasteiger partial charge in [0.15, 0.2) is 0 Å². The zero-order chi connectivity index (χ0) is 9.80. The molecule has 0 saturated carbocycles. The topological polar surface area (TPSA) is 38.3 Å². The Morgan fingerprint density at radius 2 is 2.07 bits per heavy atom. The molecule has 0 unspecified atom stereocenters. The molecule has 1 aromatic carbocycles. The number of benzene rings is 1. The molecule has 1 N–H and O–H groups in total. The van der Waals surface area contributed by atoms with Gasteiger partial charge in [-0.1, -0.05) is 12.1 Å². The summed E-state index contributed by atoms with van der Waals surface area (Å²) in [5.74, 6) is 0.839. The van der Waals surface area contributed by atoms with E-state index in [9.17, 15) is 4.79 Å². The molecule has 2 rings (SSSR count). The first-order valence-electron chi connectivity index (χ1n) is 4.88. The monoisotopic (exact) mass is 191 g/mol. The van der Waals surface area contributed by atoms with Gasteiger partial charge in [-0.3, -0.25) is 4.79 Å². The highest BCUT2D eigenvalue weighted by Crippen LogP contribution is 2.25. The number of rotatable bonds is 0. The van der Waals surface area contributed by atoms with Crippen molar-refractivity contribution in [2.75, 3.05) is 11.9 Å². The molecule has 0 aromatic heterocycles. The van der Waals surface area contributed by atoms with Crippen molar-refractivity contribution >= 4 is 11.6 Å². The van der Waals surface area contributed by atoms with Gasteiger partial charge in [-0.25, -0.2) is 0 Å². The van der Waals surface area contributed by atoms with Crippen molar-refractivity contribution in [3.63, 3.8) is 0 Å². The minimum Gasteiger partial charge on any atom is -0.491 e. The molecular formula is C11H13NO2. The maximum Gasteiger partial charge on any atom is 0.224 e. The quantitative estimate of drug-likeness (QED) is 0.682. The third-order valence-corrected chi connectivity index (χ3v) is 2.22. The van der Waals surface area contributed by atoms with Crippen LogP contribution in [0.2, 0.25) is 0 Å². The number of nitrogens with one attached hydrogen (secondary N) is 1. The maximum absolute atomic E-state index is 11.4. The van der Waals surface area contributed by atoms with Crippen LogP contribution in [0.25, 0.3) is 0 Å². The van der Waals surface area contributed by atoms with Crippen molar-refractivity contribution < 1.29 is 9.53 Å². The average molecular weight is 191 g/mol. The van der Waals surface area contributed by atoms with E-state index in [2.05, 4.69) is 5.32 Å². The molecule has 0 bridgehead atoms. The second-order valence-electron chi connectivity index (χ2n) is 3.35. The number of hydrogen-bond acceptors (Lipinski definition) is 2. The molecule has 0 saturated heterocycles. The highest BCUT2D eigenvalue weighted by atomic mass is 16.5. The summed E-state index contributed by atoms with van der Waals surface area (Å²) in [7, 11) is 0. The van der Waals surface area contributed by atoms with Crippen molar-refractivity contribution in [3.8, 4) is 5.75 Å². The smallest absolute Gasteiger partial charge is 0.224 e. The predicted molar refractivity (Wildman–Crippen MR) is 54.4 cm³/mol. The SMILES string of the molecule is O=C1CCCCOc2ccccc2N1. The first-order chi connectivity index (χ1) is 6.86. The highest BCUT2D eigenvalue weighted by molar-refractivity contribution is 5.92. The molecule has 0 aliphatic carbocycles. The number of hydrogen-bond donors (Lipinski definition) is 1. The predicted octanol–water partition coefficient (Wildman–Crippen LogP) is 2.19. The largest absolute Gasteiger partial charge is 0.491 e. The standard InChI is InChI=1S/C11H13NO2/c13-11-7-3-4-8-14-10-6-2-1-5-9(10)12-11/h1-2,5-6H,3-4,7-8H2,(H,12,13). The Labute approximate surface area is 83.1 Å². The summed E-state index contributed by atoms with van der Waals surface area (Å²) in [6.07, 6.45) is 2.40. The zero-order valence-electron chi connectivity index (χ0n) is 7.95. The van der Waals surface area contributed by atoms with Gasteiger partial charge < -0.3 is 10.1 Å². The van der Waals surface area contributed by atoms with Gasteiger partial charge >= 0.3 is 0 Å². The molecule has 0 fully saturated rings. The van der Waals surface area contributed by atoms with Gasteiger partial charge in [-0.15, -0.1) is 0 Å². The molecular weight excluding hydrogens is 178 g/mol. The van der Waals surface area contributed by atoms with Crippen LogP contribution in [0, 0.1) is 0 Å². The lowest BCUT2D eigenvalue weighted by Crippen LogP contribution is -2.10. The van der Waals surface area contributed by atoms with E-state index in [1.807, 2.05) is 24.3 Å². The van der Waals surface area contributed by atoms with E-state index in [0.29, 0.717) is 13.0 Å². The van der Waals surface area contributed by atoms with Gasteiger partial charge in [0.25, 0.3) is 0 Å². The fraction of sp³-hybridized carbons (Fsp3) is 0.364. The third kappa shape index (κ3) is 2.05. The first-order valence-corrected chi connectivity index (χ1v) is 4.88. The Morgan fingerprint density at radius 3 is 3.00 bits per heavy atom. The molecule has 1 aliphatic heterocycles. The van der Waals surface area contributed by atoms with Crippen LogP contribution in [0.4, 0.5) is 5.69 Å². The second-order valence-corrected chi connectivity index (χ2v) is 3.35. The Hall–Kier alpha value is -1.51. The number of ether oxygens (including phenoxy) is 1. The van der Waals surface area contributed by atoms with Crippen LogP contribution in [0.15, 0.2) is 24.3 Å². The molecule has 0 radical (unpaired) electrons.